The number of carbonyl (C=O) groups is 1. The summed E-state index contributed by atoms with van der Waals surface area (Å²) in [4.78, 5) is 13.5. The zero-order valence-corrected chi connectivity index (χ0v) is 11.0. The third kappa shape index (κ3) is 2.68. The van der Waals surface area contributed by atoms with Gasteiger partial charge in [-0.2, -0.15) is 13.2 Å². The van der Waals surface area contributed by atoms with E-state index in [1.165, 1.54) is 12.1 Å². The number of rotatable bonds is 2. The molecule has 18 heavy (non-hydrogen) atoms. The van der Waals surface area contributed by atoms with Crippen LogP contribution in [0.2, 0.25) is 0 Å². The van der Waals surface area contributed by atoms with E-state index in [-0.39, 0.29) is 5.91 Å². The van der Waals surface area contributed by atoms with Gasteiger partial charge in [0.15, 0.2) is 0 Å². The van der Waals surface area contributed by atoms with Crippen molar-refractivity contribution < 1.29 is 18.0 Å². The lowest BCUT2D eigenvalue weighted by atomic mass is 10.0. The van der Waals surface area contributed by atoms with Crippen molar-refractivity contribution in [1.29, 1.82) is 0 Å². The molecule has 0 atom stereocenters. The second-order valence-corrected chi connectivity index (χ2v) is 4.95. The molecule has 1 heterocycles. The van der Waals surface area contributed by atoms with Crippen LogP contribution in [0.4, 0.5) is 13.2 Å². The fourth-order valence-corrected chi connectivity index (χ4v) is 2.23. The van der Waals surface area contributed by atoms with Gasteiger partial charge in [0.05, 0.1) is 5.56 Å². The van der Waals surface area contributed by atoms with Gasteiger partial charge in [-0.15, -0.1) is 0 Å². The molecule has 6 heteroatoms. The van der Waals surface area contributed by atoms with Crippen LogP contribution in [0.3, 0.4) is 0 Å². The number of hydrogen-bond acceptors (Lipinski definition) is 1. The summed E-state index contributed by atoms with van der Waals surface area (Å²) in [5.74, 6) is 0.240. The predicted octanol–water partition coefficient (Wildman–Crippen LogP) is 3.17. The maximum atomic E-state index is 12.4. The second-order valence-electron chi connectivity index (χ2n) is 4.31. The monoisotopic (exact) mass is 321 g/mol. The molecule has 1 aliphatic rings. The van der Waals surface area contributed by atoms with E-state index >= 15 is 0 Å². The van der Waals surface area contributed by atoms with Crippen LogP contribution in [0.15, 0.2) is 24.3 Å². The first-order valence-electron chi connectivity index (χ1n) is 5.44. The molecule has 1 aliphatic heterocycles. The quantitative estimate of drug-likeness (QED) is 0.766. The summed E-state index contributed by atoms with van der Waals surface area (Å²) in [6.45, 7) is 1.32. The molecule has 0 unspecified atom stereocenters. The minimum Gasteiger partial charge on any atom is -0.338 e. The van der Waals surface area contributed by atoms with Crippen LogP contribution in [0.25, 0.3) is 0 Å². The number of likely N-dealkylation sites (tertiary alicyclic amines) is 1. The van der Waals surface area contributed by atoms with Crippen LogP contribution in [-0.2, 0) is 6.18 Å². The Morgan fingerprint density at radius 3 is 2.28 bits per heavy atom. The Morgan fingerprint density at radius 2 is 1.83 bits per heavy atom. The topological polar surface area (TPSA) is 20.3 Å². The maximum absolute atomic E-state index is 12.4. The largest absolute Gasteiger partial charge is 0.416 e. The van der Waals surface area contributed by atoms with Crippen molar-refractivity contribution in [3.63, 3.8) is 0 Å². The Bertz CT molecular complexity index is 438. The molecule has 1 aromatic carbocycles. The molecule has 1 aromatic rings. The Kier molecular flexibility index (Phi) is 3.66. The van der Waals surface area contributed by atoms with Crippen molar-refractivity contribution in [2.24, 2.45) is 5.92 Å². The van der Waals surface area contributed by atoms with E-state index in [0.717, 1.165) is 17.5 Å². The number of halogens is 4. The molecular weight excluding hydrogens is 311 g/mol. The highest BCUT2D eigenvalue weighted by Crippen LogP contribution is 2.29. The van der Waals surface area contributed by atoms with E-state index in [0.29, 0.717) is 24.6 Å². The van der Waals surface area contributed by atoms with Gasteiger partial charge in [0.1, 0.15) is 0 Å². The van der Waals surface area contributed by atoms with Crippen molar-refractivity contribution in [3.8, 4) is 0 Å². The summed E-state index contributed by atoms with van der Waals surface area (Å²) in [7, 11) is 0. The first kappa shape index (κ1) is 13.4. The predicted molar refractivity (Wildman–Crippen MR) is 64.6 cm³/mol. The van der Waals surface area contributed by atoms with Crippen molar-refractivity contribution >= 4 is 21.8 Å². The molecule has 1 fully saturated rings. The summed E-state index contributed by atoms with van der Waals surface area (Å²) in [6.07, 6.45) is -4.36. The van der Waals surface area contributed by atoms with Gasteiger partial charge in [-0.05, 0) is 24.3 Å². The van der Waals surface area contributed by atoms with Crippen LogP contribution in [0, 0.1) is 5.92 Å². The third-order valence-corrected chi connectivity index (χ3v) is 3.84. The number of hydrogen-bond donors (Lipinski definition) is 0. The number of alkyl halides is 4. The molecule has 0 N–H and O–H groups in total. The van der Waals surface area contributed by atoms with E-state index in [1.54, 1.807) is 4.90 Å². The lowest BCUT2D eigenvalue weighted by molar-refractivity contribution is -0.137. The molecule has 2 rings (SSSR count). The van der Waals surface area contributed by atoms with Gasteiger partial charge in [0.25, 0.3) is 5.91 Å². The zero-order valence-electron chi connectivity index (χ0n) is 9.38. The van der Waals surface area contributed by atoms with Gasteiger partial charge in [0.2, 0.25) is 0 Å². The van der Waals surface area contributed by atoms with Crippen molar-refractivity contribution in [1.82, 2.24) is 4.90 Å². The molecule has 0 radical (unpaired) electrons. The van der Waals surface area contributed by atoms with Crippen LogP contribution >= 0.6 is 15.9 Å². The molecule has 1 saturated heterocycles. The van der Waals surface area contributed by atoms with Gasteiger partial charge >= 0.3 is 6.18 Å². The molecule has 0 saturated carbocycles. The smallest absolute Gasteiger partial charge is 0.338 e. The molecule has 0 aromatic heterocycles. The summed E-state index contributed by atoms with van der Waals surface area (Å²) in [5.41, 5.74) is -0.433. The highest BCUT2D eigenvalue weighted by Gasteiger charge is 2.32. The van der Waals surface area contributed by atoms with E-state index in [9.17, 15) is 18.0 Å². The average molecular weight is 322 g/mol. The fraction of sp³-hybridized carbons (Fsp3) is 0.417. The summed E-state index contributed by atoms with van der Waals surface area (Å²) >= 11 is 3.33. The molecule has 98 valence electrons. The fourth-order valence-electron chi connectivity index (χ4n) is 1.82. The first-order chi connectivity index (χ1) is 8.41. The second kappa shape index (κ2) is 4.91. The molecular formula is C12H11BrF3NO. The van der Waals surface area contributed by atoms with Gasteiger partial charge in [0, 0.05) is 29.9 Å². The lowest BCUT2D eigenvalue weighted by Gasteiger charge is -2.38. The van der Waals surface area contributed by atoms with Crippen LogP contribution in [0.1, 0.15) is 15.9 Å². The summed E-state index contributed by atoms with van der Waals surface area (Å²) in [5, 5.41) is 0.837. The van der Waals surface area contributed by atoms with Gasteiger partial charge in [-0.3, -0.25) is 4.79 Å². The lowest BCUT2D eigenvalue weighted by Crippen LogP contribution is -2.50. The van der Waals surface area contributed by atoms with Crippen LogP contribution in [-0.4, -0.2) is 29.2 Å². The standard InChI is InChI=1S/C12H11BrF3NO/c13-5-8-6-17(7-8)11(18)9-1-3-10(4-2-9)12(14,15)16/h1-4,8H,5-7H2. The molecule has 1 amide bonds. The number of amides is 1. The number of nitrogens with zero attached hydrogens (tertiary/aromatic N) is 1. The van der Waals surface area contributed by atoms with Crippen molar-refractivity contribution in [2.75, 3.05) is 18.4 Å². The summed E-state index contributed by atoms with van der Waals surface area (Å²) in [6, 6.07) is 4.34. The number of benzene rings is 1. The molecule has 0 aliphatic carbocycles. The Morgan fingerprint density at radius 1 is 1.28 bits per heavy atom. The summed E-state index contributed by atoms with van der Waals surface area (Å²) < 4.78 is 37.1. The average Bonchev–Trinajstić information content (AvgIpc) is 2.26. The maximum Gasteiger partial charge on any atom is 0.416 e. The van der Waals surface area contributed by atoms with Crippen molar-refractivity contribution in [2.45, 2.75) is 6.18 Å². The highest BCUT2D eigenvalue weighted by molar-refractivity contribution is 9.09. The Labute approximate surface area is 111 Å². The van der Waals surface area contributed by atoms with Gasteiger partial charge < -0.3 is 4.90 Å². The molecule has 0 spiro atoms. The zero-order chi connectivity index (χ0) is 13.3. The molecule has 0 bridgehead atoms. The number of carbonyl (C=O) groups excluding carboxylic acids is 1. The normalized spacial score (nSPS) is 16.6. The van der Waals surface area contributed by atoms with Crippen LogP contribution < -0.4 is 0 Å². The van der Waals surface area contributed by atoms with E-state index < -0.39 is 11.7 Å². The van der Waals surface area contributed by atoms with Crippen molar-refractivity contribution in [3.05, 3.63) is 35.4 Å². The van der Waals surface area contributed by atoms with E-state index in [4.69, 9.17) is 0 Å². The SMILES string of the molecule is O=C(c1ccc(C(F)(F)F)cc1)N1CC(CBr)C1. The van der Waals surface area contributed by atoms with Gasteiger partial charge in [-0.1, -0.05) is 15.9 Å². The van der Waals surface area contributed by atoms with Crippen LogP contribution in [0.5, 0.6) is 0 Å². The minimum atomic E-state index is -4.36. The first-order valence-corrected chi connectivity index (χ1v) is 6.56. The Hall–Kier alpha value is -1.04. The third-order valence-electron chi connectivity index (χ3n) is 2.92. The van der Waals surface area contributed by atoms with E-state index in [2.05, 4.69) is 15.9 Å². The highest BCUT2D eigenvalue weighted by atomic mass is 79.9. The van der Waals surface area contributed by atoms with Gasteiger partial charge in [-0.25, -0.2) is 0 Å². The Balaban J connectivity index is 2.04. The molecule has 2 nitrogen and oxygen atoms in total. The van der Waals surface area contributed by atoms with E-state index in [1.807, 2.05) is 0 Å². The minimum absolute atomic E-state index is 0.207.